The fourth-order valence-electron chi connectivity index (χ4n) is 1.71. The molecular weight excluding hydrogens is 222 g/mol. The van der Waals surface area contributed by atoms with E-state index in [2.05, 4.69) is 12.2 Å². The first-order valence-electron chi connectivity index (χ1n) is 6.32. The summed E-state index contributed by atoms with van der Waals surface area (Å²) in [7, 11) is 0. The maximum absolute atomic E-state index is 9.71. The molecule has 1 saturated heterocycles. The largest absolute Gasteiger partial charge is 0.389 e. The van der Waals surface area contributed by atoms with Gasteiger partial charge in [-0.05, 0) is 20.3 Å². The lowest BCUT2D eigenvalue weighted by Gasteiger charge is -2.25. The topological polar surface area (TPSA) is 60.0 Å². The van der Waals surface area contributed by atoms with E-state index in [9.17, 15) is 5.11 Å². The zero-order valence-corrected chi connectivity index (χ0v) is 10.9. The highest BCUT2D eigenvalue weighted by Crippen LogP contribution is 2.16. The van der Waals surface area contributed by atoms with Gasteiger partial charge in [0.15, 0.2) is 0 Å². The highest BCUT2D eigenvalue weighted by atomic mass is 16.5. The number of hydrogen-bond acceptors (Lipinski definition) is 5. The van der Waals surface area contributed by atoms with E-state index in [0.29, 0.717) is 39.6 Å². The minimum absolute atomic E-state index is 0.00625. The molecule has 0 aliphatic carbocycles. The van der Waals surface area contributed by atoms with Gasteiger partial charge in [0.25, 0.3) is 0 Å². The Labute approximate surface area is 103 Å². The van der Waals surface area contributed by atoms with E-state index >= 15 is 0 Å². The van der Waals surface area contributed by atoms with Gasteiger partial charge in [0.1, 0.15) is 0 Å². The molecular formula is C12H25NO4. The smallest absolute Gasteiger partial charge is 0.0897 e. The molecule has 0 bridgehead atoms. The summed E-state index contributed by atoms with van der Waals surface area (Å²) in [5.41, 5.74) is 0.00625. The molecule has 1 fully saturated rings. The molecule has 1 rings (SSSR count). The predicted molar refractivity (Wildman–Crippen MR) is 65.2 cm³/mol. The molecule has 5 heteroatoms. The normalized spacial score (nSPS) is 26.3. The van der Waals surface area contributed by atoms with Crippen molar-refractivity contribution < 1.29 is 19.3 Å². The molecule has 0 saturated carbocycles. The van der Waals surface area contributed by atoms with Gasteiger partial charge in [-0.2, -0.15) is 0 Å². The van der Waals surface area contributed by atoms with Crippen LogP contribution in [-0.4, -0.2) is 62.9 Å². The summed E-state index contributed by atoms with van der Waals surface area (Å²) in [4.78, 5) is 0. The fraction of sp³-hybridized carbons (Fsp3) is 1.00. The third kappa shape index (κ3) is 6.33. The van der Waals surface area contributed by atoms with Crippen molar-refractivity contribution in [3.05, 3.63) is 0 Å². The summed E-state index contributed by atoms with van der Waals surface area (Å²) in [6.45, 7) is 8.27. The van der Waals surface area contributed by atoms with Crippen molar-refractivity contribution >= 4 is 0 Å². The van der Waals surface area contributed by atoms with Crippen LogP contribution >= 0.6 is 0 Å². The van der Waals surface area contributed by atoms with Crippen molar-refractivity contribution in [1.29, 1.82) is 0 Å². The Morgan fingerprint density at radius 1 is 1.41 bits per heavy atom. The SMILES string of the molecule is CCOCCOCC(O)CNC1(C)CCOC1. The summed E-state index contributed by atoms with van der Waals surface area (Å²) in [5.74, 6) is 0. The van der Waals surface area contributed by atoms with E-state index < -0.39 is 6.10 Å². The second kappa shape index (κ2) is 8.00. The molecule has 1 aliphatic rings. The van der Waals surface area contributed by atoms with Crippen molar-refractivity contribution in [1.82, 2.24) is 5.32 Å². The lowest BCUT2D eigenvalue weighted by atomic mass is 10.0. The fourth-order valence-corrected chi connectivity index (χ4v) is 1.71. The monoisotopic (exact) mass is 247 g/mol. The van der Waals surface area contributed by atoms with Crippen LogP contribution in [0.4, 0.5) is 0 Å². The van der Waals surface area contributed by atoms with Gasteiger partial charge < -0.3 is 24.6 Å². The van der Waals surface area contributed by atoms with Crippen molar-refractivity contribution in [2.24, 2.45) is 0 Å². The molecule has 5 nitrogen and oxygen atoms in total. The number of aliphatic hydroxyl groups excluding tert-OH is 1. The van der Waals surface area contributed by atoms with Crippen LogP contribution in [0, 0.1) is 0 Å². The Hall–Kier alpha value is -0.200. The van der Waals surface area contributed by atoms with E-state index in [1.165, 1.54) is 0 Å². The average Bonchev–Trinajstić information content (AvgIpc) is 2.74. The van der Waals surface area contributed by atoms with Crippen molar-refractivity contribution in [3.8, 4) is 0 Å². The molecule has 1 aliphatic heterocycles. The maximum atomic E-state index is 9.71. The molecule has 2 N–H and O–H groups in total. The van der Waals surface area contributed by atoms with Crippen LogP contribution in [0.5, 0.6) is 0 Å². The molecule has 0 amide bonds. The average molecular weight is 247 g/mol. The summed E-state index contributed by atoms with van der Waals surface area (Å²) in [5, 5.41) is 13.0. The molecule has 0 spiro atoms. The van der Waals surface area contributed by atoms with E-state index in [0.717, 1.165) is 13.0 Å². The quantitative estimate of drug-likeness (QED) is 0.569. The Morgan fingerprint density at radius 3 is 2.82 bits per heavy atom. The van der Waals surface area contributed by atoms with Crippen molar-refractivity contribution in [2.75, 3.05) is 46.2 Å². The van der Waals surface area contributed by atoms with Crippen LogP contribution in [0.1, 0.15) is 20.3 Å². The summed E-state index contributed by atoms with van der Waals surface area (Å²) < 4.78 is 15.8. The van der Waals surface area contributed by atoms with Crippen LogP contribution < -0.4 is 5.32 Å². The number of aliphatic hydroxyl groups is 1. The lowest BCUT2D eigenvalue weighted by Crippen LogP contribution is -2.47. The summed E-state index contributed by atoms with van der Waals surface area (Å²) >= 11 is 0. The Kier molecular flexibility index (Phi) is 6.99. The molecule has 2 atom stereocenters. The van der Waals surface area contributed by atoms with Crippen LogP contribution in [-0.2, 0) is 14.2 Å². The van der Waals surface area contributed by atoms with Gasteiger partial charge in [-0.15, -0.1) is 0 Å². The second-order valence-electron chi connectivity index (χ2n) is 4.67. The second-order valence-corrected chi connectivity index (χ2v) is 4.67. The highest BCUT2D eigenvalue weighted by Gasteiger charge is 2.29. The molecule has 0 radical (unpaired) electrons. The molecule has 102 valence electrons. The minimum atomic E-state index is -0.478. The Balaban J connectivity index is 1.99. The van der Waals surface area contributed by atoms with Gasteiger partial charge in [0.05, 0.1) is 32.5 Å². The molecule has 0 aromatic rings. The number of rotatable bonds is 9. The molecule has 1 heterocycles. The van der Waals surface area contributed by atoms with Crippen LogP contribution in [0.15, 0.2) is 0 Å². The zero-order chi connectivity index (χ0) is 12.6. The predicted octanol–water partition coefficient (Wildman–Crippen LogP) is 0.169. The van der Waals surface area contributed by atoms with E-state index in [-0.39, 0.29) is 5.54 Å². The lowest BCUT2D eigenvalue weighted by molar-refractivity contribution is 0.00407. The Morgan fingerprint density at radius 2 is 2.18 bits per heavy atom. The summed E-state index contributed by atoms with van der Waals surface area (Å²) in [6.07, 6.45) is 0.513. The van der Waals surface area contributed by atoms with Crippen molar-refractivity contribution in [2.45, 2.75) is 31.9 Å². The van der Waals surface area contributed by atoms with Crippen molar-refractivity contribution in [3.63, 3.8) is 0 Å². The van der Waals surface area contributed by atoms with Crippen LogP contribution in [0.2, 0.25) is 0 Å². The number of hydrogen-bond donors (Lipinski definition) is 2. The standard InChI is InChI=1S/C12H25NO4/c1-3-15-6-7-16-9-11(14)8-13-12(2)4-5-17-10-12/h11,13-14H,3-10H2,1-2H3. The number of nitrogens with one attached hydrogen (secondary N) is 1. The highest BCUT2D eigenvalue weighted by molar-refractivity contribution is 4.87. The van der Waals surface area contributed by atoms with Gasteiger partial charge >= 0.3 is 0 Å². The minimum Gasteiger partial charge on any atom is -0.389 e. The van der Waals surface area contributed by atoms with Gasteiger partial charge in [0, 0.05) is 25.3 Å². The van der Waals surface area contributed by atoms with Crippen LogP contribution in [0.3, 0.4) is 0 Å². The molecule has 17 heavy (non-hydrogen) atoms. The molecule has 0 aromatic heterocycles. The van der Waals surface area contributed by atoms with Gasteiger partial charge in [0.2, 0.25) is 0 Å². The molecule has 0 aromatic carbocycles. The van der Waals surface area contributed by atoms with E-state index in [1.807, 2.05) is 6.92 Å². The number of β-amino-alcohol motifs (C(OH)–C–C–N with tert-alkyl or cyclic N) is 1. The third-order valence-electron chi connectivity index (χ3n) is 2.87. The molecule has 2 unspecified atom stereocenters. The third-order valence-corrected chi connectivity index (χ3v) is 2.87. The first-order chi connectivity index (χ1) is 8.16. The summed E-state index contributed by atoms with van der Waals surface area (Å²) in [6, 6.07) is 0. The first-order valence-corrected chi connectivity index (χ1v) is 6.32. The van der Waals surface area contributed by atoms with Gasteiger partial charge in [-0.3, -0.25) is 0 Å². The van der Waals surface area contributed by atoms with E-state index in [4.69, 9.17) is 14.2 Å². The van der Waals surface area contributed by atoms with Gasteiger partial charge in [-0.25, -0.2) is 0 Å². The van der Waals surface area contributed by atoms with Gasteiger partial charge in [-0.1, -0.05) is 0 Å². The van der Waals surface area contributed by atoms with E-state index in [1.54, 1.807) is 0 Å². The number of ether oxygens (including phenoxy) is 3. The Bertz CT molecular complexity index is 195. The first kappa shape index (κ1) is 14.9. The van der Waals surface area contributed by atoms with Crippen LogP contribution in [0.25, 0.3) is 0 Å². The zero-order valence-electron chi connectivity index (χ0n) is 10.9. The maximum Gasteiger partial charge on any atom is 0.0897 e.